The number of hydrogen-bond donors (Lipinski definition) is 1. The highest BCUT2D eigenvalue weighted by atomic mass is 35.5. The topological polar surface area (TPSA) is 46.2 Å². The van der Waals surface area contributed by atoms with Crippen molar-refractivity contribution in [2.75, 3.05) is 6.54 Å². The fourth-order valence-electron chi connectivity index (χ4n) is 2.62. The van der Waals surface area contributed by atoms with Gasteiger partial charge in [-0.05, 0) is 42.4 Å². The first kappa shape index (κ1) is 14.8. The van der Waals surface area contributed by atoms with Crippen LogP contribution in [-0.4, -0.2) is 15.0 Å². The molecule has 0 spiro atoms. The van der Waals surface area contributed by atoms with Crippen molar-refractivity contribution in [3.63, 3.8) is 0 Å². The number of benzene rings is 1. The van der Waals surface area contributed by atoms with Crippen LogP contribution in [0.2, 0.25) is 0 Å². The summed E-state index contributed by atoms with van der Waals surface area (Å²) in [7, 11) is -3.41. The lowest BCUT2D eigenvalue weighted by Crippen LogP contribution is -2.28. The highest BCUT2D eigenvalue weighted by Gasteiger charge is 2.23. The third-order valence-electron chi connectivity index (χ3n) is 3.73. The number of rotatable bonds is 5. The monoisotopic (exact) mass is 301 g/mol. The zero-order valence-electron chi connectivity index (χ0n) is 11.1. The summed E-state index contributed by atoms with van der Waals surface area (Å²) in [5.41, 5.74) is 0.819. The molecule has 2 unspecified atom stereocenters. The number of sulfonamides is 1. The van der Waals surface area contributed by atoms with Gasteiger partial charge in [0, 0.05) is 12.4 Å². The van der Waals surface area contributed by atoms with Crippen LogP contribution in [0.15, 0.2) is 29.2 Å². The van der Waals surface area contributed by atoms with Crippen LogP contribution in [0.1, 0.15) is 31.7 Å². The van der Waals surface area contributed by atoms with Crippen LogP contribution in [0.25, 0.3) is 0 Å². The number of nitrogens with one attached hydrogen (secondary N) is 1. The Bertz CT molecular complexity index is 530. The standard InChI is InChI=1S/C14H20ClNO2S/c1-11-5-6-13(7-11)10-16-19(17,18)14-4-2-3-12(8-14)9-15/h2-4,8,11,13,16H,5-7,9-10H2,1H3. The number of alkyl halides is 1. The van der Waals surface area contributed by atoms with Crippen molar-refractivity contribution in [3.05, 3.63) is 29.8 Å². The van der Waals surface area contributed by atoms with Crippen molar-refractivity contribution in [1.82, 2.24) is 4.72 Å². The predicted molar refractivity (Wildman–Crippen MR) is 77.7 cm³/mol. The van der Waals surface area contributed by atoms with E-state index in [1.165, 1.54) is 6.42 Å². The second-order valence-corrected chi connectivity index (χ2v) is 7.45. The molecule has 1 aromatic rings. The highest BCUT2D eigenvalue weighted by molar-refractivity contribution is 7.89. The molecule has 0 bridgehead atoms. The average Bonchev–Trinajstić information content (AvgIpc) is 2.82. The molecule has 19 heavy (non-hydrogen) atoms. The molecule has 1 N–H and O–H groups in total. The zero-order valence-corrected chi connectivity index (χ0v) is 12.7. The Morgan fingerprint density at radius 1 is 1.37 bits per heavy atom. The normalized spacial score (nSPS) is 23.7. The Morgan fingerprint density at radius 2 is 2.16 bits per heavy atom. The summed E-state index contributed by atoms with van der Waals surface area (Å²) < 4.78 is 27.1. The van der Waals surface area contributed by atoms with Gasteiger partial charge in [0.25, 0.3) is 0 Å². The minimum Gasteiger partial charge on any atom is -0.211 e. The van der Waals surface area contributed by atoms with Gasteiger partial charge in [-0.25, -0.2) is 13.1 Å². The van der Waals surface area contributed by atoms with E-state index in [2.05, 4.69) is 11.6 Å². The van der Waals surface area contributed by atoms with Crippen LogP contribution in [-0.2, 0) is 15.9 Å². The van der Waals surface area contributed by atoms with Gasteiger partial charge in [-0.2, -0.15) is 0 Å². The molecule has 106 valence electrons. The Hall–Kier alpha value is -0.580. The van der Waals surface area contributed by atoms with E-state index in [1.807, 2.05) is 6.07 Å². The van der Waals surface area contributed by atoms with Crippen molar-refractivity contribution >= 4 is 21.6 Å². The van der Waals surface area contributed by atoms with E-state index in [9.17, 15) is 8.42 Å². The van der Waals surface area contributed by atoms with Crippen LogP contribution in [0, 0.1) is 11.8 Å². The maximum absolute atomic E-state index is 12.2. The Labute approximate surface area is 120 Å². The van der Waals surface area contributed by atoms with Crippen LogP contribution < -0.4 is 4.72 Å². The molecule has 0 aromatic heterocycles. The quantitative estimate of drug-likeness (QED) is 0.849. The van der Waals surface area contributed by atoms with Crippen molar-refractivity contribution < 1.29 is 8.42 Å². The zero-order chi connectivity index (χ0) is 13.9. The van der Waals surface area contributed by atoms with Crippen molar-refractivity contribution in [1.29, 1.82) is 0 Å². The molecule has 0 heterocycles. The van der Waals surface area contributed by atoms with Gasteiger partial charge in [-0.3, -0.25) is 0 Å². The Morgan fingerprint density at radius 3 is 2.79 bits per heavy atom. The molecule has 1 saturated carbocycles. The minimum atomic E-state index is -3.41. The second kappa shape index (κ2) is 6.25. The molecule has 2 rings (SSSR count). The lowest BCUT2D eigenvalue weighted by atomic mass is 10.1. The van der Waals surface area contributed by atoms with E-state index in [4.69, 9.17) is 11.6 Å². The molecule has 1 aromatic carbocycles. The minimum absolute atomic E-state index is 0.302. The summed E-state index contributed by atoms with van der Waals surface area (Å²) in [6, 6.07) is 6.79. The lowest BCUT2D eigenvalue weighted by Gasteiger charge is -2.12. The van der Waals surface area contributed by atoms with Crippen LogP contribution in [0.4, 0.5) is 0 Å². The molecular formula is C14H20ClNO2S. The van der Waals surface area contributed by atoms with E-state index in [1.54, 1.807) is 18.2 Å². The van der Waals surface area contributed by atoms with Gasteiger partial charge in [0.05, 0.1) is 4.90 Å². The van der Waals surface area contributed by atoms with Crippen molar-refractivity contribution in [2.24, 2.45) is 11.8 Å². The van der Waals surface area contributed by atoms with Gasteiger partial charge in [0.1, 0.15) is 0 Å². The smallest absolute Gasteiger partial charge is 0.211 e. The molecular weight excluding hydrogens is 282 g/mol. The second-order valence-electron chi connectivity index (χ2n) is 5.42. The van der Waals surface area contributed by atoms with Gasteiger partial charge >= 0.3 is 0 Å². The summed E-state index contributed by atoms with van der Waals surface area (Å²) in [6.45, 7) is 2.76. The van der Waals surface area contributed by atoms with Crippen LogP contribution in [0.5, 0.6) is 0 Å². The van der Waals surface area contributed by atoms with Gasteiger partial charge in [0.15, 0.2) is 0 Å². The third-order valence-corrected chi connectivity index (χ3v) is 5.46. The van der Waals surface area contributed by atoms with Crippen molar-refractivity contribution in [2.45, 2.75) is 37.0 Å². The predicted octanol–water partition coefficient (Wildman–Crippen LogP) is 3.14. The largest absolute Gasteiger partial charge is 0.240 e. The fraction of sp³-hybridized carbons (Fsp3) is 0.571. The third kappa shape index (κ3) is 3.94. The SMILES string of the molecule is CC1CCC(CNS(=O)(=O)c2cccc(CCl)c2)C1. The van der Waals surface area contributed by atoms with E-state index < -0.39 is 10.0 Å². The first-order chi connectivity index (χ1) is 9.01. The molecule has 1 aliphatic rings. The summed E-state index contributed by atoms with van der Waals surface area (Å²) in [4.78, 5) is 0.302. The first-order valence-corrected chi connectivity index (χ1v) is 8.67. The van der Waals surface area contributed by atoms with Crippen LogP contribution >= 0.6 is 11.6 Å². The Balaban J connectivity index is 2.01. The van der Waals surface area contributed by atoms with E-state index in [0.717, 1.165) is 18.4 Å². The van der Waals surface area contributed by atoms with E-state index in [0.29, 0.717) is 29.2 Å². The van der Waals surface area contributed by atoms with Crippen LogP contribution in [0.3, 0.4) is 0 Å². The molecule has 1 fully saturated rings. The first-order valence-electron chi connectivity index (χ1n) is 6.66. The molecule has 0 radical (unpaired) electrons. The summed E-state index contributed by atoms with van der Waals surface area (Å²) >= 11 is 5.73. The number of hydrogen-bond acceptors (Lipinski definition) is 2. The molecule has 0 saturated heterocycles. The fourth-order valence-corrected chi connectivity index (χ4v) is 3.97. The number of halogens is 1. The van der Waals surface area contributed by atoms with Gasteiger partial charge in [-0.1, -0.05) is 25.5 Å². The lowest BCUT2D eigenvalue weighted by molar-refractivity contribution is 0.498. The maximum atomic E-state index is 12.2. The summed E-state index contributed by atoms with van der Waals surface area (Å²) in [5, 5.41) is 0. The molecule has 3 nitrogen and oxygen atoms in total. The molecule has 0 amide bonds. The summed E-state index contributed by atoms with van der Waals surface area (Å²) in [5.74, 6) is 1.51. The molecule has 5 heteroatoms. The highest BCUT2D eigenvalue weighted by Crippen LogP contribution is 2.29. The molecule has 0 aliphatic heterocycles. The van der Waals surface area contributed by atoms with Gasteiger partial charge < -0.3 is 0 Å². The summed E-state index contributed by atoms with van der Waals surface area (Å²) in [6.07, 6.45) is 3.43. The van der Waals surface area contributed by atoms with Gasteiger partial charge in [0.2, 0.25) is 10.0 Å². The molecule has 2 atom stereocenters. The van der Waals surface area contributed by atoms with E-state index in [-0.39, 0.29) is 0 Å². The average molecular weight is 302 g/mol. The van der Waals surface area contributed by atoms with Crippen molar-refractivity contribution in [3.8, 4) is 0 Å². The van der Waals surface area contributed by atoms with Gasteiger partial charge in [-0.15, -0.1) is 11.6 Å². The molecule has 1 aliphatic carbocycles. The van der Waals surface area contributed by atoms with E-state index >= 15 is 0 Å². The Kier molecular flexibility index (Phi) is 4.87. The maximum Gasteiger partial charge on any atom is 0.240 e.